The van der Waals surface area contributed by atoms with Crippen molar-refractivity contribution in [3.63, 3.8) is 0 Å². The van der Waals surface area contributed by atoms with Crippen LogP contribution in [0.25, 0.3) is 0 Å². The first-order valence-electron chi connectivity index (χ1n) is 6.01. The molecule has 1 unspecified atom stereocenters. The zero-order chi connectivity index (χ0) is 13.8. The smallest absolute Gasteiger partial charge is 0.270 e. The molecule has 0 saturated carbocycles. The number of nitro benzene ring substituents is 1. The summed E-state index contributed by atoms with van der Waals surface area (Å²) in [5.41, 5.74) is -0.00101. The summed E-state index contributed by atoms with van der Waals surface area (Å²) >= 11 is 5.90. The summed E-state index contributed by atoms with van der Waals surface area (Å²) in [5.74, 6) is 0.0297. The van der Waals surface area contributed by atoms with Crippen molar-refractivity contribution < 1.29 is 9.72 Å². The Morgan fingerprint density at radius 2 is 2.37 bits per heavy atom. The molecule has 6 nitrogen and oxygen atoms in total. The lowest BCUT2D eigenvalue weighted by molar-refractivity contribution is -0.384. The van der Waals surface area contributed by atoms with Crippen LogP contribution in [-0.2, 0) is 0 Å². The van der Waals surface area contributed by atoms with Crippen molar-refractivity contribution in [3.8, 4) is 0 Å². The molecule has 1 amide bonds. The van der Waals surface area contributed by atoms with Crippen molar-refractivity contribution in [2.24, 2.45) is 5.92 Å². The van der Waals surface area contributed by atoms with Gasteiger partial charge in [-0.2, -0.15) is 0 Å². The Hall–Kier alpha value is -1.66. The Morgan fingerprint density at radius 3 is 3.00 bits per heavy atom. The van der Waals surface area contributed by atoms with Crippen LogP contribution in [0.2, 0.25) is 5.02 Å². The third kappa shape index (κ3) is 3.42. The fraction of sp³-hybridized carbons (Fsp3) is 0.417. The van der Waals surface area contributed by atoms with E-state index in [-0.39, 0.29) is 22.2 Å². The number of halogens is 1. The highest BCUT2D eigenvalue weighted by Crippen LogP contribution is 2.22. The van der Waals surface area contributed by atoms with E-state index in [9.17, 15) is 14.9 Å². The first kappa shape index (κ1) is 13.8. The summed E-state index contributed by atoms with van der Waals surface area (Å²) in [4.78, 5) is 22.1. The number of hydrogen-bond acceptors (Lipinski definition) is 4. The number of hydrogen-bond donors (Lipinski definition) is 2. The van der Waals surface area contributed by atoms with Crippen molar-refractivity contribution in [1.29, 1.82) is 0 Å². The number of carbonyl (C=O) groups is 1. The Kier molecular flexibility index (Phi) is 4.34. The van der Waals surface area contributed by atoms with Gasteiger partial charge in [0.2, 0.25) is 0 Å². The number of non-ortho nitro benzene ring substituents is 1. The van der Waals surface area contributed by atoms with Crippen LogP contribution in [0.4, 0.5) is 5.69 Å². The van der Waals surface area contributed by atoms with Gasteiger partial charge in [-0.05, 0) is 31.5 Å². The van der Waals surface area contributed by atoms with Gasteiger partial charge in [-0.1, -0.05) is 11.6 Å². The van der Waals surface area contributed by atoms with E-state index in [0.717, 1.165) is 19.5 Å². The van der Waals surface area contributed by atoms with E-state index >= 15 is 0 Å². The number of amides is 1. The highest BCUT2D eigenvalue weighted by molar-refractivity contribution is 6.33. The van der Waals surface area contributed by atoms with Gasteiger partial charge >= 0.3 is 0 Å². The van der Waals surface area contributed by atoms with Gasteiger partial charge in [-0.3, -0.25) is 14.9 Å². The highest BCUT2D eigenvalue weighted by atomic mass is 35.5. The standard InChI is InChI=1S/C12H14ClN3O3/c13-11-2-1-9(16(18)19)5-10(11)12(17)15-7-8-3-4-14-6-8/h1-2,5,8,14H,3-4,6-7H2,(H,15,17). The molecule has 1 aliphatic heterocycles. The summed E-state index contributed by atoms with van der Waals surface area (Å²) in [6, 6.07) is 3.84. The molecule has 0 aliphatic carbocycles. The fourth-order valence-electron chi connectivity index (χ4n) is 2.02. The van der Waals surface area contributed by atoms with Crippen LogP contribution in [0.15, 0.2) is 18.2 Å². The maximum absolute atomic E-state index is 12.0. The minimum Gasteiger partial charge on any atom is -0.352 e. The zero-order valence-corrected chi connectivity index (χ0v) is 10.9. The number of carbonyl (C=O) groups excluding carboxylic acids is 1. The molecule has 19 heavy (non-hydrogen) atoms. The maximum atomic E-state index is 12.0. The van der Waals surface area contributed by atoms with Crippen LogP contribution in [0.5, 0.6) is 0 Å². The van der Waals surface area contributed by atoms with E-state index in [1.807, 2.05) is 0 Å². The molecule has 1 aromatic carbocycles. The lowest BCUT2D eigenvalue weighted by Gasteiger charge is -2.10. The normalized spacial score (nSPS) is 18.3. The number of nitro groups is 1. The number of nitrogens with one attached hydrogen (secondary N) is 2. The summed E-state index contributed by atoms with van der Waals surface area (Å²) in [6.07, 6.45) is 1.02. The lowest BCUT2D eigenvalue weighted by atomic mass is 10.1. The molecule has 1 heterocycles. The molecule has 2 N–H and O–H groups in total. The Morgan fingerprint density at radius 1 is 1.58 bits per heavy atom. The molecule has 1 fully saturated rings. The fourth-order valence-corrected chi connectivity index (χ4v) is 2.23. The van der Waals surface area contributed by atoms with Gasteiger partial charge < -0.3 is 10.6 Å². The van der Waals surface area contributed by atoms with Gasteiger partial charge in [-0.25, -0.2) is 0 Å². The Labute approximate surface area is 115 Å². The Balaban J connectivity index is 2.04. The molecule has 1 aliphatic rings. The predicted molar refractivity (Wildman–Crippen MR) is 71.4 cm³/mol. The number of benzene rings is 1. The molecule has 0 radical (unpaired) electrons. The number of nitrogens with zero attached hydrogens (tertiary/aromatic N) is 1. The second-order valence-corrected chi connectivity index (χ2v) is 4.90. The van der Waals surface area contributed by atoms with Gasteiger partial charge in [0.15, 0.2) is 0 Å². The largest absolute Gasteiger partial charge is 0.352 e. The second-order valence-electron chi connectivity index (χ2n) is 4.49. The van der Waals surface area contributed by atoms with Crippen LogP contribution in [0.3, 0.4) is 0 Å². The van der Waals surface area contributed by atoms with E-state index in [1.165, 1.54) is 18.2 Å². The van der Waals surface area contributed by atoms with Gasteiger partial charge in [0, 0.05) is 18.7 Å². The first-order valence-corrected chi connectivity index (χ1v) is 6.38. The highest BCUT2D eigenvalue weighted by Gasteiger charge is 2.18. The maximum Gasteiger partial charge on any atom is 0.270 e. The van der Waals surface area contributed by atoms with E-state index in [2.05, 4.69) is 10.6 Å². The van der Waals surface area contributed by atoms with E-state index < -0.39 is 4.92 Å². The monoisotopic (exact) mass is 283 g/mol. The summed E-state index contributed by atoms with van der Waals surface area (Å²) in [5, 5.41) is 16.9. The molecule has 0 aromatic heterocycles. The van der Waals surface area contributed by atoms with Crippen LogP contribution in [-0.4, -0.2) is 30.5 Å². The van der Waals surface area contributed by atoms with Gasteiger partial charge in [0.05, 0.1) is 15.5 Å². The van der Waals surface area contributed by atoms with E-state index in [1.54, 1.807) is 0 Å². The van der Waals surface area contributed by atoms with Gasteiger partial charge in [0.25, 0.3) is 11.6 Å². The van der Waals surface area contributed by atoms with Crippen molar-refractivity contribution in [3.05, 3.63) is 38.9 Å². The first-order chi connectivity index (χ1) is 9.08. The minimum absolute atomic E-state index is 0.141. The van der Waals surface area contributed by atoms with Crippen molar-refractivity contribution in [2.75, 3.05) is 19.6 Å². The minimum atomic E-state index is -0.548. The zero-order valence-electron chi connectivity index (χ0n) is 10.2. The Bertz CT molecular complexity index is 501. The summed E-state index contributed by atoms with van der Waals surface area (Å²) in [6.45, 7) is 2.38. The molecule has 102 valence electrons. The van der Waals surface area contributed by atoms with Crippen LogP contribution in [0, 0.1) is 16.0 Å². The third-order valence-corrected chi connectivity index (χ3v) is 3.45. The SMILES string of the molecule is O=C(NCC1CCNC1)c1cc([N+](=O)[O-])ccc1Cl. The van der Waals surface area contributed by atoms with Gasteiger partial charge in [0.1, 0.15) is 0 Å². The van der Waals surface area contributed by atoms with Crippen LogP contribution >= 0.6 is 11.6 Å². The summed E-state index contributed by atoms with van der Waals surface area (Å²) < 4.78 is 0. The van der Waals surface area contributed by atoms with Crippen molar-refractivity contribution in [1.82, 2.24) is 10.6 Å². The average molecular weight is 284 g/mol. The van der Waals surface area contributed by atoms with E-state index in [0.29, 0.717) is 12.5 Å². The van der Waals surface area contributed by atoms with Crippen molar-refractivity contribution in [2.45, 2.75) is 6.42 Å². The second kappa shape index (κ2) is 5.99. The summed E-state index contributed by atoms with van der Waals surface area (Å²) in [7, 11) is 0. The topological polar surface area (TPSA) is 84.3 Å². The van der Waals surface area contributed by atoms with Gasteiger partial charge in [-0.15, -0.1) is 0 Å². The lowest BCUT2D eigenvalue weighted by Crippen LogP contribution is -2.30. The quantitative estimate of drug-likeness (QED) is 0.649. The molecule has 7 heteroatoms. The molecule has 0 spiro atoms. The molecule has 1 saturated heterocycles. The molecular formula is C12H14ClN3O3. The average Bonchev–Trinajstić information content (AvgIpc) is 2.89. The molecule has 0 bridgehead atoms. The number of rotatable bonds is 4. The molecule has 1 aromatic rings. The molecular weight excluding hydrogens is 270 g/mol. The predicted octanol–water partition coefficient (Wildman–Crippen LogP) is 1.59. The van der Waals surface area contributed by atoms with E-state index in [4.69, 9.17) is 11.6 Å². The van der Waals surface area contributed by atoms with Crippen LogP contribution < -0.4 is 10.6 Å². The molecule has 2 rings (SSSR count). The molecule has 1 atom stereocenters. The third-order valence-electron chi connectivity index (χ3n) is 3.12. The van der Waals surface area contributed by atoms with Crippen LogP contribution in [0.1, 0.15) is 16.8 Å². The van der Waals surface area contributed by atoms with Crippen molar-refractivity contribution >= 4 is 23.2 Å².